The molecule has 0 saturated carbocycles. The molecular formula is C20H32F3N7. The summed E-state index contributed by atoms with van der Waals surface area (Å²) >= 11 is 0. The summed E-state index contributed by atoms with van der Waals surface area (Å²) in [6.45, 7) is 7.04. The molecule has 1 unspecified atom stereocenters. The van der Waals surface area contributed by atoms with E-state index in [1.165, 1.54) is 4.90 Å². The average molecular weight is 428 g/mol. The van der Waals surface area contributed by atoms with E-state index >= 15 is 0 Å². The van der Waals surface area contributed by atoms with Crippen molar-refractivity contribution in [2.24, 2.45) is 4.99 Å². The number of rotatable bonds is 6. The number of piperazine rings is 1. The molecule has 0 spiro atoms. The highest BCUT2D eigenvalue weighted by molar-refractivity contribution is 5.80. The van der Waals surface area contributed by atoms with Gasteiger partial charge in [0.1, 0.15) is 5.82 Å². The molecule has 0 bridgehead atoms. The van der Waals surface area contributed by atoms with E-state index in [2.05, 4.69) is 43.5 Å². The van der Waals surface area contributed by atoms with Crippen molar-refractivity contribution in [2.45, 2.75) is 32.1 Å². The first-order valence-corrected chi connectivity index (χ1v) is 10.5. The molecule has 1 aromatic rings. The van der Waals surface area contributed by atoms with Gasteiger partial charge in [-0.15, -0.1) is 0 Å². The molecule has 0 amide bonds. The van der Waals surface area contributed by atoms with Crippen LogP contribution in [0, 0.1) is 0 Å². The van der Waals surface area contributed by atoms with E-state index in [9.17, 15) is 13.2 Å². The lowest BCUT2D eigenvalue weighted by atomic mass is 10.2. The zero-order valence-corrected chi connectivity index (χ0v) is 17.8. The van der Waals surface area contributed by atoms with Crippen LogP contribution >= 0.6 is 0 Å². The topological polar surface area (TPSA) is 59.0 Å². The van der Waals surface area contributed by atoms with Crippen LogP contribution < -0.4 is 15.5 Å². The quantitative estimate of drug-likeness (QED) is 0.531. The largest absolute Gasteiger partial charge is 0.401 e. The normalized spacial score (nSPS) is 21.8. The van der Waals surface area contributed by atoms with Crippen molar-refractivity contribution < 1.29 is 13.2 Å². The number of likely N-dealkylation sites (tertiary alicyclic amines) is 1. The molecule has 2 aliphatic rings. The molecule has 0 radical (unpaired) electrons. The first kappa shape index (κ1) is 22.6. The maximum Gasteiger partial charge on any atom is 0.401 e. The highest BCUT2D eigenvalue weighted by atomic mass is 19.4. The lowest BCUT2D eigenvalue weighted by Gasteiger charge is -2.33. The van der Waals surface area contributed by atoms with Gasteiger partial charge in [0.15, 0.2) is 5.96 Å². The van der Waals surface area contributed by atoms with Crippen LogP contribution in [-0.2, 0) is 6.54 Å². The number of hydrogen-bond acceptors (Lipinski definition) is 5. The smallest absolute Gasteiger partial charge is 0.357 e. The predicted molar refractivity (Wildman–Crippen MR) is 113 cm³/mol. The van der Waals surface area contributed by atoms with Crippen molar-refractivity contribution in [2.75, 3.05) is 64.3 Å². The molecule has 2 aliphatic heterocycles. The lowest BCUT2D eigenvalue weighted by molar-refractivity contribution is -0.143. The number of alkyl halides is 3. The Bertz CT molecular complexity index is 702. The molecule has 1 atom stereocenters. The number of guanidine groups is 1. The van der Waals surface area contributed by atoms with E-state index in [1.54, 1.807) is 0 Å². The third-order valence-electron chi connectivity index (χ3n) is 5.42. The van der Waals surface area contributed by atoms with Gasteiger partial charge in [0.2, 0.25) is 0 Å². The maximum absolute atomic E-state index is 12.6. The third kappa shape index (κ3) is 7.02. The Morgan fingerprint density at radius 2 is 2.00 bits per heavy atom. The highest BCUT2D eigenvalue weighted by Crippen LogP contribution is 2.20. The maximum atomic E-state index is 12.6. The second kappa shape index (κ2) is 10.3. The summed E-state index contributed by atoms with van der Waals surface area (Å²) in [4.78, 5) is 15.2. The van der Waals surface area contributed by atoms with E-state index < -0.39 is 12.7 Å². The lowest BCUT2D eigenvalue weighted by Crippen LogP contribution is -2.45. The number of anilines is 1. The van der Waals surface area contributed by atoms with Crippen molar-refractivity contribution in [1.82, 2.24) is 25.4 Å². The summed E-state index contributed by atoms with van der Waals surface area (Å²) in [5, 5.41) is 6.48. The second-order valence-electron chi connectivity index (χ2n) is 7.99. The minimum atomic E-state index is -4.16. The van der Waals surface area contributed by atoms with E-state index in [0.717, 1.165) is 37.6 Å². The Labute approximate surface area is 176 Å². The van der Waals surface area contributed by atoms with Crippen LogP contribution in [0.3, 0.4) is 0 Å². The molecule has 10 heteroatoms. The van der Waals surface area contributed by atoms with E-state index in [1.807, 2.05) is 19.2 Å². The first-order valence-electron chi connectivity index (χ1n) is 10.5. The summed E-state index contributed by atoms with van der Waals surface area (Å²) in [5.41, 5.74) is 1.06. The number of nitrogens with zero attached hydrogens (tertiary/aromatic N) is 5. The van der Waals surface area contributed by atoms with Gasteiger partial charge in [0.25, 0.3) is 0 Å². The Hall–Kier alpha value is -2.07. The van der Waals surface area contributed by atoms with Crippen molar-refractivity contribution in [1.29, 1.82) is 0 Å². The predicted octanol–water partition coefficient (Wildman–Crippen LogP) is 1.53. The molecule has 0 aliphatic carbocycles. The van der Waals surface area contributed by atoms with Gasteiger partial charge in [-0.3, -0.25) is 4.90 Å². The Balaban J connectivity index is 1.56. The monoisotopic (exact) mass is 427 g/mol. The van der Waals surface area contributed by atoms with Gasteiger partial charge < -0.3 is 20.4 Å². The summed E-state index contributed by atoms with van der Waals surface area (Å²) in [5.74, 6) is 1.60. The number of aromatic nitrogens is 1. The summed E-state index contributed by atoms with van der Waals surface area (Å²) in [6, 6.07) is 3.98. The first-order chi connectivity index (χ1) is 14.3. The van der Waals surface area contributed by atoms with E-state index in [0.29, 0.717) is 38.6 Å². The summed E-state index contributed by atoms with van der Waals surface area (Å²) in [7, 11) is 2.12. The molecule has 3 rings (SSSR count). The van der Waals surface area contributed by atoms with Crippen LogP contribution in [0.15, 0.2) is 23.3 Å². The number of halogens is 3. The molecule has 2 fully saturated rings. The molecular weight excluding hydrogens is 395 g/mol. The van der Waals surface area contributed by atoms with Gasteiger partial charge >= 0.3 is 6.18 Å². The zero-order chi connectivity index (χ0) is 21.6. The second-order valence-corrected chi connectivity index (χ2v) is 7.99. The van der Waals surface area contributed by atoms with Crippen LogP contribution in [0.1, 0.15) is 18.9 Å². The van der Waals surface area contributed by atoms with Gasteiger partial charge in [0.05, 0.1) is 13.1 Å². The fourth-order valence-electron chi connectivity index (χ4n) is 3.80. The minimum absolute atomic E-state index is 0.0384. The van der Waals surface area contributed by atoms with Crippen molar-refractivity contribution >= 4 is 11.8 Å². The molecule has 3 heterocycles. The SMILES string of the molecule is CCNC(=NCc1ccnc(N2CCN(C)CC2)c1)NC1CCN(CC(F)(F)F)C1. The van der Waals surface area contributed by atoms with Crippen LogP contribution in [0.2, 0.25) is 0 Å². The van der Waals surface area contributed by atoms with Gasteiger partial charge in [-0.25, -0.2) is 9.98 Å². The van der Waals surface area contributed by atoms with Crippen molar-refractivity contribution in [3.63, 3.8) is 0 Å². The standard InChI is InChI=1S/C20H32F3N7/c1-3-24-19(27-17-5-7-29(14-17)15-20(21,22)23)26-13-16-4-6-25-18(12-16)30-10-8-28(2)9-11-30/h4,6,12,17H,3,5,7-11,13-15H2,1-2H3,(H2,24,26,27). The van der Waals surface area contributed by atoms with Crippen LogP contribution in [0.4, 0.5) is 19.0 Å². The van der Waals surface area contributed by atoms with E-state index in [-0.39, 0.29) is 6.04 Å². The molecule has 0 aromatic carbocycles. The molecule has 30 heavy (non-hydrogen) atoms. The molecule has 168 valence electrons. The fourth-order valence-corrected chi connectivity index (χ4v) is 3.80. The molecule has 7 nitrogen and oxygen atoms in total. The third-order valence-corrected chi connectivity index (χ3v) is 5.42. The fraction of sp³-hybridized carbons (Fsp3) is 0.700. The van der Waals surface area contributed by atoms with Crippen molar-refractivity contribution in [3.8, 4) is 0 Å². The van der Waals surface area contributed by atoms with Gasteiger partial charge in [0, 0.05) is 58.1 Å². The van der Waals surface area contributed by atoms with Crippen LogP contribution in [0.5, 0.6) is 0 Å². The van der Waals surface area contributed by atoms with Gasteiger partial charge in [-0.1, -0.05) is 0 Å². The average Bonchev–Trinajstić information content (AvgIpc) is 3.12. The van der Waals surface area contributed by atoms with Gasteiger partial charge in [-0.05, 0) is 38.1 Å². The molecule has 1 aromatic heterocycles. The number of hydrogen-bond donors (Lipinski definition) is 2. The summed E-state index contributed by atoms with van der Waals surface area (Å²) in [6.07, 6.45) is -1.68. The summed E-state index contributed by atoms with van der Waals surface area (Å²) < 4.78 is 37.8. The van der Waals surface area contributed by atoms with Crippen LogP contribution in [0.25, 0.3) is 0 Å². The number of likely N-dealkylation sites (N-methyl/N-ethyl adjacent to an activating group) is 1. The van der Waals surface area contributed by atoms with Crippen molar-refractivity contribution in [3.05, 3.63) is 23.9 Å². The highest BCUT2D eigenvalue weighted by Gasteiger charge is 2.34. The number of aliphatic imine (C=N–C) groups is 1. The Morgan fingerprint density at radius 3 is 2.70 bits per heavy atom. The molecule has 2 saturated heterocycles. The number of pyridine rings is 1. The number of nitrogens with one attached hydrogen (secondary N) is 2. The zero-order valence-electron chi connectivity index (χ0n) is 17.8. The van der Waals surface area contributed by atoms with E-state index in [4.69, 9.17) is 0 Å². The van der Waals surface area contributed by atoms with Crippen LogP contribution in [-0.4, -0.2) is 92.4 Å². The Morgan fingerprint density at radius 1 is 1.23 bits per heavy atom. The van der Waals surface area contributed by atoms with Gasteiger partial charge in [-0.2, -0.15) is 13.2 Å². The molecule has 2 N–H and O–H groups in total. The Kier molecular flexibility index (Phi) is 7.76. The minimum Gasteiger partial charge on any atom is -0.357 e.